The number of hydrogen-bond acceptors (Lipinski definition) is 1. The summed E-state index contributed by atoms with van der Waals surface area (Å²) in [6.45, 7) is 2.13. The average molecular weight is 276 g/mol. The first-order valence-electron chi connectivity index (χ1n) is 4.09. The van der Waals surface area contributed by atoms with Crippen LogP contribution in [0.25, 0.3) is 10.1 Å². The van der Waals surface area contributed by atoms with Gasteiger partial charge in [-0.05, 0) is 18.6 Å². The molecule has 0 aliphatic heterocycles. The van der Waals surface area contributed by atoms with E-state index in [-0.39, 0.29) is 0 Å². The Hall–Kier alpha value is -0.0500. The highest BCUT2D eigenvalue weighted by atomic mass is 79.9. The molecule has 0 atom stereocenters. The number of benzene rings is 1. The second-order valence-electron chi connectivity index (χ2n) is 2.81. The van der Waals surface area contributed by atoms with Gasteiger partial charge in [0.25, 0.3) is 0 Å². The monoisotopic (exact) mass is 274 g/mol. The molecule has 0 radical (unpaired) electrons. The molecule has 0 spiro atoms. The van der Waals surface area contributed by atoms with Gasteiger partial charge in [0.1, 0.15) is 0 Å². The van der Waals surface area contributed by atoms with Crippen LogP contribution in [0.15, 0.2) is 22.7 Å². The molecule has 0 N–H and O–H groups in total. The second kappa shape index (κ2) is 3.60. The van der Waals surface area contributed by atoms with Gasteiger partial charge in [0.15, 0.2) is 0 Å². The highest BCUT2D eigenvalue weighted by Gasteiger charge is 2.10. The predicted molar refractivity (Wildman–Crippen MR) is 63.9 cm³/mol. The molecule has 13 heavy (non-hydrogen) atoms. The van der Waals surface area contributed by atoms with Crippen molar-refractivity contribution in [2.24, 2.45) is 0 Å². The van der Waals surface area contributed by atoms with E-state index in [2.05, 4.69) is 28.9 Å². The maximum atomic E-state index is 6.24. The molecule has 2 aromatic rings. The van der Waals surface area contributed by atoms with Crippen molar-refractivity contribution in [3.8, 4) is 0 Å². The molecule has 0 fully saturated rings. The number of hydrogen-bond donors (Lipinski definition) is 0. The summed E-state index contributed by atoms with van der Waals surface area (Å²) in [5.41, 5.74) is 0. The fourth-order valence-electron chi connectivity index (χ4n) is 1.35. The van der Waals surface area contributed by atoms with Crippen LogP contribution in [0.5, 0.6) is 0 Å². The average Bonchev–Trinajstić information content (AvgIpc) is 2.44. The van der Waals surface area contributed by atoms with Crippen LogP contribution in [0.1, 0.15) is 11.8 Å². The van der Waals surface area contributed by atoms with Gasteiger partial charge in [-0.25, -0.2) is 0 Å². The third kappa shape index (κ3) is 1.51. The molecule has 0 saturated heterocycles. The highest BCUT2D eigenvalue weighted by molar-refractivity contribution is 9.10. The lowest BCUT2D eigenvalue weighted by molar-refractivity contribution is 1.19. The molecule has 0 bridgehead atoms. The van der Waals surface area contributed by atoms with Gasteiger partial charge in [0.2, 0.25) is 0 Å². The Morgan fingerprint density at radius 2 is 2.23 bits per heavy atom. The largest absolute Gasteiger partial charge is 0.139 e. The molecular formula is C10H8BrClS. The van der Waals surface area contributed by atoms with E-state index < -0.39 is 0 Å². The van der Waals surface area contributed by atoms with Gasteiger partial charge in [0.05, 0.1) is 5.02 Å². The fourth-order valence-corrected chi connectivity index (χ4v) is 3.73. The van der Waals surface area contributed by atoms with Crippen molar-refractivity contribution in [1.82, 2.24) is 0 Å². The zero-order chi connectivity index (χ0) is 9.42. The smallest absolute Gasteiger partial charge is 0.0635 e. The molecule has 1 aromatic heterocycles. The van der Waals surface area contributed by atoms with Gasteiger partial charge in [-0.3, -0.25) is 0 Å². The van der Waals surface area contributed by atoms with Gasteiger partial charge < -0.3 is 0 Å². The lowest BCUT2D eigenvalue weighted by Crippen LogP contribution is -1.71. The van der Waals surface area contributed by atoms with Crippen LogP contribution < -0.4 is 0 Å². The Morgan fingerprint density at radius 3 is 2.85 bits per heavy atom. The topological polar surface area (TPSA) is 0 Å². The predicted octanol–water partition coefficient (Wildman–Crippen LogP) is 4.88. The lowest BCUT2D eigenvalue weighted by atomic mass is 10.2. The Kier molecular flexibility index (Phi) is 2.63. The van der Waals surface area contributed by atoms with E-state index in [0.29, 0.717) is 0 Å². The van der Waals surface area contributed by atoms with Crippen LogP contribution >= 0.6 is 38.9 Å². The van der Waals surface area contributed by atoms with Gasteiger partial charge in [-0.15, -0.1) is 11.3 Å². The molecule has 0 unspecified atom stereocenters. The fraction of sp³-hybridized carbons (Fsp3) is 0.200. The summed E-state index contributed by atoms with van der Waals surface area (Å²) in [6.07, 6.45) is 1.00. The quantitative estimate of drug-likeness (QED) is 0.696. The minimum Gasteiger partial charge on any atom is -0.139 e. The van der Waals surface area contributed by atoms with Crippen LogP contribution in [-0.4, -0.2) is 0 Å². The molecule has 0 amide bonds. The van der Waals surface area contributed by atoms with E-state index in [9.17, 15) is 0 Å². The molecule has 0 aliphatic carbocycles. The van der Waals surface area contributed by atoms with Crippen LogP contribution in [0.4, 0.5) is 0 Å². The first-order chi connectivity index (χ1) is 6.24. The standard InChI is InChI=1S/C10H8BrClS/c1-2-7-10(12)9-6(11)4-3-5-8(9)13-7/h3-5H,2H2,1H3. The Labute approximate surface area is 94.7 Å². The Balaban J connectivity index is 2.85. The molecule has 0 aliphatic rings. The van der Waals surface area contributed by atoms with Gasteiger partial charge >= 0.3 is 0 Å². The van der Waals surface area contributed by atoms with E-state index in [1.54, 1.807) is 11.3 Å². The van der Waals surface area contributed by atoms with Crippen LogP contribution in [-0.2, 0) is 6.42 Å². The second-order valence-corrected chi connectivity index (χ2v) is 5.17. The van der Waals surface area contributed by atoms with Crippen molar-refractivity contribution in [3.05, 3.63) is 32.6 Å². The maximum Gasteiger partial charge on any atom is 0.0635 e. The summed E-state index contributed by atoms with van der Waals surface area (Å²) < 4.78 is 2.35. The first-order valence-corrected chi connectivity index (χ1v) is 6.08. The van der Waals surface area contributed by atoms with Gasteiger partial charge in [-0.2, -0.15) is 0 Å². The van der Waals surface area contributed by atoms with Crippen molar-refractivity contribution in [1.29, 1.82) is 0 Å². The van der Waals surface area contributed by atoms with Crippen LogP contribution in [0.2, 0.25) is 5.02 Å². The Morgan fingerprint density at radius 1 is 1.46 bits per heavy atom. The molecule has 68 valence electrons. The van der Waals surface area contributed by atoms with Crippen molar-refractivity contribution in [3.63, 3.8) is 0 Å². The number of thiophene rings is 1. The molecule has 0 saturated carbocycles. The van der Waals surface area contributed by atoms with Crippen molar-refractivity contribution in [2.75, 3.05) is 0 Å². The number of halogens is 2. The third-order valence-corrected chi connectivity index (χ3v) is 4.48. The van der Waals surface area contributed by atoms with E-state index in [1.165, 1.54) is 9.58 Å². The lowest BCUT2D eigenvalue weighted by Gasteiger charge is -1.93. The first kappa shape index (κ1) is 9.50. The zero-order valence-corrected chi connectivity index (χ0v) is 10.3. The van der Waals surface area contributed by atoms with E-state index in [4.69, 9.17) is 11.6 Å². The Bertz CT molecular complexity index is 447. The third-order valence-electron chi connectivity index (χ3n) is 1.99. The zero-order valence-electron chi connectivity index (χ0n) is 7.10. The minimum absolute atomic E-state index is 0.912. The summed E-state index contributed by atoms with van der Waals surface area (Å²) in [5.74, 6) is 0. The SMILES string of the molecule is CCc1sc2cccc(Br)c2c1Cl. The summed E-state index contributed by atoms with van der Waals surface area (Å²) in [5, 5.41) is 2.07. The van der Waals surface area contributed by atoms with E-state index in [0.717, 1.165) is 21.3 Å². The molecule has 3 heteroatoms. The summed E-state index contributed by atoms with van der Waals surface area (Å²) in [4.78, 5) is 1.27. The molecular weight excluding hydrogens is 268 g/mol. The van der Waals surface area contributed by atoms with E-state index in [1.807, 2.05) is 12.1 Å². The minimum atomic E-state index is 0.912. The molecule has 2 rings (SSSR count). The molecule has 0 nitrogen and oxygen atoms in total. The summed E-state index contributed by atoms with van der Waals surface area (Å²) >= 11 is 11.5. The van der Waals surface area contributed by atoms with Crippen molar-refractivity contribution in [2.45, 2.75) is 13.3 Å². The van der Waals surface area contributed by atoms with Gasteiger partial charge in [0, 0.05) is 19.4 Å². The van der Waals surface area contributed by atoms with Crippen molar-refractivity contribution < 1.29 is 0 Å². The summed E-state index contributed by atoms with van der Waals surface area (Å²) in [7, 11) is 0. The summed E-state index contributed by atoms with van der Waals surface area (Å²) in [6, 6.07) is 6.18. The maximum absolute atomic E-state index is 6.24. The van der Waals surface area contributed by atoms with Crippen molar-refractivity contribution >= 4 is 49.0 Å². The van der Waals surface area contributed by atoms with E-state index >= 15 is 0 Å². The number of aryl methyl sites for hydroxylation is 1. The van der Waals surface area contributed by atoms with Crippen LogP contribution in [0, 0.1) is 0 Å². The molecule has 1 heterocycles. The highest BCUT2D eigenvalue weighted by Crippen LogP contribution is 2.39. The van der Waals surface area contributed by atoms with Crippen LogP contribution in [0.3, 0.4) is 0 Å². The normalized spacial score (nSPS) is 11.0. The molecule has 1 aromatic carbocycles. The van der Waals surface area contributed by atoms with Gasteiger partial charge in [-0.1, -0.05) is 40.5 Å². The number of fused-ring (bicyclic) bond motifs is 1. The number of rotatable bonds is 1.